The van der Waals surface area contributed by atoms with Crippen molar-refractivity contribution in [3.05, 3.63) is 18.5 Å². The van der Waals surface area contributed by atoms with Gasteiger partial charge in [0.1, 0.15) is 0 Å². The molecule has 0 bridgehead atoms. The summed E-state index contributed by atoms with van der Waals surface area (Å²) in [5.74, 6) is 0.957. The van der Waals surface area contributed by atoms with E-state index < -0.39 is 0 Å². The number of nitrogens with one attached hydrogen (secondary N) is 1. The van der Waals surface area contributed by atoms with Gasteiger partial charge in [-0.15, -0.1) is 0 Å². The van der Waals surface area contributed by atoms with E-state index in [1.807, 2.05) is 12.3 Å². The SMILES string of the molecule is c1cnn(CCN2CC3(CCCC3)NCC2C2CC2)c1. The molecule has 2 saturated carbocycles. The lowest BCUT2D eigenvalue weighted by atomic mass is 9.91. The molecule has 0 amide bonds. The van der Waals surface area contributed by atoms with Gasteiger partial charge in [0.15, 0.2) is 0 Å². The third-order valence-corrected chi connectivity index (χ3v) is 5.56. The molecule has 110 valence electrons. The minimum absolute atomic E-state index is 0.440. The molecule has 1 aromatic heterocycles. The Morgan fingerprint density at radius 2 is 2.05 bits per heavy atom. The van der Waals surface area contributed by atoms with Crippen LogP contribution < -0.4 is 5.32 Å². The first-order chi connectivity index (χ1) is 9.85. The van der Waals surface area contributed by atoms with Crippen LogP contribution in [-0.4, -0.2) is 45.9 Å². The van der Waals surface area contributed by atoms with Gasteiger partial charge in [-0.1, -0.05) is 12.8 Å². The monoisotopic (exact) mass is 274 g/mol. The van der Waals surface area contributed by atoms with E-state index in [1.54, 1.807) is 0 Å². The molecule has 0 radical (unpaired) electrons. The Morgan fingerprint density at radius 3 is 2.75 bits per heavy atom. The lowest BCUT2D eigenvalue weighted by molar-refractivity contribution is 0.0653. The van der Waals surface area contributed by atoms with Gasteiger partial charge in [-0.05, 0) is 37.7 Å². The van der Waals surface area contributed by atoms with E-state index >= 15 is 0 Å². The Hall–Kier alpha value is -0.870. The molecule has 1 saturated heterocycles. The van der Waals surface area contributed by atoms with Crippen LogP contribution in [0.25, 0.3) is 0 Å². The fraction of sp³-hybridized carbons (Fsp3) is 0.812. The van der Waals surface area contributed by atoms with Gasteiger partial charge in [0.25, 0.3) is 0 Å². The topological polar surface area (TPSA) is 33.1 Å². The van der Waals surface area contributed by atoms with E-state index in [9.17, 15) is 0 Å². The van der Waals surface area contributed by atoms with Crippen molar-refractivity contribution in [2.45, 2.75) is 56.7 Å². The minimum Gasteiger partial charge on any atom is -0.308 e. The highest BCUT2D eigenvalue weighted by atomic mass is 15.3. The molecule has 1 N–H and O–H groups in total. The summed E-state index contributed by atoms with van der Waals surface area (Å²) >= 11 is 0. The van der Waals surface area contributed by atoms with Gasteiger partial charge in [-0.2, -0.15) is 5.10 Å². The third-order valence-electron chi connectivity index (χ3n) is 5.56. The second-order valence-electron chi connectivity index (χ2n) is 7.01. The maximum Gasteiger partial charge on any atom is 0.0536 e. The normalized spacial score (nSPS) is 30.1. The zero-order chi connectivity index (χ0) is 13.4. The Balaban J connectivity index is 1.43. The number of hydrogen-bond donors (Lipinski definition) is 1. The zero-order valence-electron chi connectivity index (χ0n) is 12.3. The Kier molecular flexibility index (Phi) is 3.31. The van der Waals surface area contributed by atoms with Crippen molar-refractivity contribution < 1.29 is 0 Å². The molecule has 3 aliphatic rings. The fourth-order valence-electron chi connectivity index (χ4n) is 4.25. The average Bonchev–Trinajstić information content (AvgIpc) is 2.99. The summed E-state index contributed by atoms with van der Waals surface area (Å²) < 4.78 is 2.08. The van der Waals surface area contributed by atoms with E-state index in [0.717, 1.165) is 25.0 Å². The highest BCUT2D eigenvalue weighted by molar-refractivity contribution is 5.04. The summed E-state index contributed by atoms with van der Waals surface area (Å²) in [4.78, 5) is 2.78. The van der Waals surface area contributed by atoms with Crippen molar-refractivity contribution in [2.75, 3.05) is 19.6 Å². The molecule has 2 aliphatic carbocycles. The molecular formula is C16H26N4. The maximum absolute atomic E-state index is 4.35. The lowest BCUT2D eigenvalue weighted by Crippen LogP contribution is -2.64. The quantitative estimate of drug-likeness (QED) is 0.910. The highest BCUT2D eigenvalue weighted by Crippen LogP contribution is 2.40. The molecular weight excluding hydrogens is 248 g/mol. The number of nitrogens with zero attached hydrogens (tertiary/aromatic N) is 3. The standard InChI is InChI=1S/C16H26N4/c1-2-7-16(6-1)13-19(10-11-20-9-3-8-18-20)15(12-17-16)14-4-5-14/h3,8-9,14-15,17H,1-2,4-7,10-13H2. The van der Waals surface area contributed by atoms with Crippen LogP contribution in [0.15, 0.2) is 18.5 Å². The van der Waals surface area contributed by atoms with E-state index in [2.05, 4.69) is 26.2 Å². The third kappa shape index (κ3) is 2.51. The molecule has 4 heteroatoms. The summed E-state index contributed by atoms with van der Waals surface area (Å²) in [5, 5.41) is 8.27. The van der Waals surface area contributed by atoms with E-state index in [4.69, 9.17) is 0 Å². The molecule has 2 heterocycles. The van der Waals surface area contributed by atoms with E-state index in [0.29, 0.717) is 5.54 Å². The first kappa shape index (κ1) is 12.8. The molecule has 1 atom stereocenters. The molecule has 1 unspecified atom stereocenters. The summed E-state index contributed by atoms with van der Waals surface area (Å²) in [7, 11) is 0. The van der Waals surface area contributed by atoms with Crippen molar-refractivity contribution in [2.24, 2.45) is 5.92 Å². The van der Waals surface area contributed by atoms with Crippen LogP contribution in [0.4, 0.5) is 0 Å². The van der Waals surface area contributed by atoms with Gasteiger partial charge in [-0.25, -0.2) is 0 Å². The first-order valence-electron chi connectivity index (χ1n) is 8.31. The molecule has 0 aromatic carbocycles. The molecule has 1 aromatic rings. The molecule has 1 aliphatic heterocycles. The Labute approximate surface area is 121 Å². The van der Waals surface area contributed by atoms with Gasteiger partial charge in [0.05, 0.1) is 6.54 Å². The Bertz CT molecular complexity index is 431. The van der Waals surface area contributed by atoms with E-state index in [1.165, 1.54) is 51.6 Å². The van der Waals surface area contributed by atoms with Gasteiger partial charge >= 0.3 is 0 Å². The van der Waals surface area contributed by atoms with Gasteiger partial charge in [0.2, 0.25) is 0 Å². The van der Waals surface area contributed by atoms with Crippen LogP contribution in [0.3, 0.4) is 0 Å². The summed E-state index contributed by atoms with van der Waals surface area (Å²) in [6, 6.07) is 2.80. The van der Waals surface area contributed by atoms with Gasteiger partial charge < -0.3 is 5.32 Å². The lowest BCUT2D eigenvalue weighted by Gasteiger charge is -2.46. The fourth-order valence-corrected chi connectivity index (χ4v) is 4.25. The van der Waals surface area contributed by atoms with Gasteiger partial charge in [0, 0.05) is 43.6 Å². The summed E-state index contributed by atoms with van der Waals surface area (Å²) in [5.41, 5.74) is 0.440. The largest absolute Gasteiger partial charge is 0.308 e. The number of rotatable bonds is 4. The molecule has 20 heavy (non-hydrogen) atoms. The first-order valence-corrected chi connectivity index (χ1v) is 8.31. The van der Waals surface area contributed by atoms with Crippen molar-refractivity contribution in [3.8, 4) is 0 Å². The van der Waals surface area contributed by atoms with Crippen LogP contribution in [0.1, 0.15) is 38.5 Å². The number of aromatic nitrogens is 2. The highest BCUT2D eigenvalue weighted by Gasteiger charge is 2.45. The number of hydrogen-bond acceptors (Lipinski definition) is 3. The van der Waals surface area contributed by atoms with Crippen LogP contribution in [0.2, 0.25) is 0 Å². The molecule has 4 nitrogen and oxygen atoms in total. The summed E-state index contributed by atoms with van der Waals surface area (Å²) in [6.07, 6.45) is 12.4. The van der Waals surface area contributed by atoms with E-state index in [-0.39, 0.29) is 0 Å². The van der Waals surface area contributed by atoms with Crippen molar-refractivity contribution in [1.29, 1.82) is 0 Å². The zero-order valence-corrected chi connectivity index (χ0v) is 12.3. The summed E-state index contributed by atoms with van der Waals surface area (Å²) in [6.45, 7) is 4.66. The van der Waals surface area contributed by atoms with Crippen molar-refractivity contribution in [1.82, 2.24) is 20.0 Å². The second kappa shape index (κ2) is 5.15. The van der Waals surface area contributed by atoms with Crippen LogP contribution in [0, 0.1) is 5.92 Å². The molecule has 3 fully saturated rings. The Morgan fingerprint density at radius 1 is 1.20 bits per heavy atom. The second-order valence-corrected chi connectivity index (χ2v) is 7.01. The van der Waals surface area contributed by atoms with Crippen LogP contribution in [0.5, 0.6) is 0 Å². The average molecular weight is 274 g/mol. The predicted octanol–water partition coefficient (Wildman–Crippen LogP) is 1.88. The van der Waals surface area contributed by atoms with Crippen LogP contribution in [-0.2, 0) is 6.54 Å². The predicted molar refractivity (Wildman–Crippen MR) is 79.5 cm³/mol. The number of piperazine rings is 1. The minimum atomic E-state index is 0.440. The molecule has 4 rings (SSSR count). The van der Waals surface area contributed by atoms with Crippen molar-refractivity contribution >= 4 is 0 Å². The van der Waals surface area contributed by atoms with Gasteiger partial charge in [-0.3, -0.25) is 9.58 Å². The van der Waals surface area contributed by atoms with Crippen molar-refractivity contribution in [3.63, 3.8) is 0 Å². The molecule has 1 spiro atoms. The van der Waals surface area contributed by atoms with Crippen LogP contribution >= 0.6 is 0 Å². The maximum atomic E-state index is 4.35. The smallest absolute Gasteiger partial charge is 0.0536 e.